The van der Waals surface area contributed by atoms with Crippen molar-refractivity contribution >= 4 is 8.32 Å². The Labute approximate surface area is 125 Å². The first-order chi connectivity index (χ1) is 9.37. The van der Waals surface area contributed by atoms with E-state index in [2.05, 4.69) is 0 Å². The van der Waals surface area contributed by atoms with Crippen LogP contribution in [0.1, 0.15) is 43.6 Å². The Morgan fingerprint density at radius 3 is 2.33 bits per heavy atom. The molecular formula is C16H23F3OSi. The molecule has 5 heteroatoms. The Kier molecular flexibility index (Phi) is 3.82. The molecule has 0 heterocycles. The van der Waals surface area contributed by atoms with Gasteiger partial charge in [-0.2, -0.15) is 0 Å². The highest BCUT2D eigenvalue weighted by Crippen LogP contribution is 2.51. The Morgan fingerprint density at radius 2 is 1.81 bits per heavy atom. The number of halogens is 3. The number of benzene rings is 1. The minimum atomic E-state index is -3.05. The lowest BCUT2D eigenvalue weighted by Crippen LogP contribution is -2.44. The Balaban J connectivity index is 2.49. The lowest BCUT2D eigenvalue weighted by Gasteiger charge is -2.40. The van der Waals surface area contributed by atoms with Crippen LogP contribution in [0.5, 0.6) is 0 Å². The third-order valence-corrected chi connectivity index (χ3v) is 9.23. The largest absolute Gasteiger partial charge is 0.404 e. The van der Waals surface area contributed by atoms with Crippen molar-refractivity contribution in [1.82, 2.24) is 0 Å². The molecule has 0 amide bonds. The van der Waals surface area contributed by atoms with Gasteiger partial charge in [-0.3, -0.25) is 0 Å². The van der Waals surface area contributed by atoms with Gasteiger partial charge in [0.25, 0.3) is 5.92 Å². The number of fused-ring (bicyclic) bond motifs is 1. The fourth-order valence-electron chi connectivity index (χ4n) is 2.46. The fraction of sp³-hybridized carbons (Fsp3) is 0.625. The number of alkyl halides is 2. The third kappa shape index (κ3) is 2.78. The fourth-order valence-corrected chi connectivity index (χ4v) is 3.69. The molecule has 118 valence electrons. The quantitative estimate of drug-likeness (QED) is 0.665. The second kappa shape index (κ2) is 4.85. The van der Waals surface area contributed by atoms with E-state index in [0.717, 1.165) is 0 Å². The summed E-state index contributed by atoms with van der Waals surface area (Å²) in [6.07, 6.45) is -1.90. The normalized spacial score (nSPS) is 21.5. The molecule has 0 radical (unpaired) electrons. The van der Waals surface area contributed by atoms with E-state index < -0.39 is 32.6 Å². The zero-order valence-electron chi connectivity index (χ0n) is 13.5. The molecule has 0 aromatic heterocycles. The van der Waals surface area contributed by atoms with Gasteiger partial charge in [0.05, 0.1) is 0 Å². The first-order valence-corrected chi connectivity index (χ1v) is 10.1. The average Bonchev–Trinajstić information content (AvgIpc) is 2.56. The molecule has 0 saturated heterocycles. The van der Waals surface area contributed by atoms with Crippen molar-refractivity contribution in [2.75, 3.05) is 0 Å². The van der Waals surface area contributed by atoms with Crippen molar-refractivity contribution in [3.8, 4) is 0 Å². The molecular weight excluding hydrogens is 293 g/mol. The Hall–Kier alpha value is -0.813. The molecule has 2 rings (SSSR count). The monoisotopic (exact) mass is 316 g/mol. The zero-order valence-corrected chi connectivity index (χ0v) is 14.5. The maximum atomic E-state index is 14.4. The summed E-state index contributed by atoms with van der Waals surface area (Å²) in [7, 11) is -2.37. The minimum absolute atomic E-state index is 0.115. The highest BCUT2D eigenvalue weighted by molar-refractivity contribution is 6.74. The summed E-state index contributed by atoms with van der Waals surface area (Å²) in [4.78, 5) is 0. The van der Waals surface area contributed by atoms with E-state index in [4.69, 9.17) is 4.43 Å². The van der Waals surface area contributed by atoms with Crippen LogP contribution in [0.25, 0.3) is 0 Å². The number of hydrogen-bond donors (Lipinski definition) is 0. The van der Waals surface area contributed by atoms with E-state index in [1.807, 2.05) is 33.9 Å². The highest BCUT2D eigenvalue weighted by atomic mass is 28.4. The summed E-state index contributed by atoms with van der Waals surface area (Å²) >= 11 is 0. The van der Waals surface area contributed by atoms with Crippen LogP contribution in [0, 0.1) is 12.7 Å². The van der Waals surface area contributed by atoms with Crippen molar-refractivity contribution in [2.45, 2.75) is 64.3 Å². The summed E-state index contributed by atoms with van der Waals surface area (Å²) in [5.41, 5.74) is 1.14. The molecule has 0 fully saturated rings. The van der Waals surface area contributed by atoms with Crippen molar-refractivity contribution in [3.63, 3.8) is 0 Å². The Morgan fingerprint density at radius 1 is 1.24 bits per heavy atom. The van der Waals surface area contributed by atoms with E-state index in [9.17, 15) is 13.2 Å². The molecule has 0 saturated carbocycles. The van der Waals surface area contributed by atoms with Crippen molar-refractivity contribution < 1.29 is 17.6 Å². The molecule has 1 aromatic carbocycles. The van der Waals surface area contributed by atoms with Crippen LogP contribution in [0.3, 0.4) is 0 Å². The molecule has 0 spiro atoms. The molecule has 0 unspecified atom stereocenters. The predicted octanol–water partition coefficient (Wildman–Crippen LogP) is 5.39. The van der Waals surface area contributed by atoms with Crippen LogP contribution < -0.4 is 0 Å². The van der Waals surface area contributed by atoms with Gasteiger partial charge in [0.2, 0.25) is 0 Å². The number of aryl methyl sites for hydroxylation is 1. The summed E-state index contributed by atoms with van der Waals surface area (Å²) < 4.78 is 48.7. The third-order valence-electron chi connectivity index (χ3n) is 4.79. The van der Waals surface area contributed by atoms with Gasteiger partial charge in [0.1, 0.15) is 11.9 Å². The smallest absolute Gasteiger partial charge is 0.280 e. The molecule has 0 aliphatic heterocycles. The van der Waals surface area contributed by atoms with Gasteiger partial charge in [-0.25, -0.2) is 13.2 Å². The summed E-state index contributed by atoms with van der Waals surface area (Å²) in [6, 6.07) is 2.82. The van der Waals surface area contributed by atoms with Gasteiger partial charge in [-0.05, 0) is 42.2 Å². The van der Waals surface area contributed by atoms with Crippen molar-refractivity contribution in [1.29, 1.82) is 0 Å². The van der Waals surface area contributed by atoms with Crippen molar-refractivity contribution in [3.05, 3.63) is 34.6 Å². The second-order valence-electron chi connectivity index (χ2n) is 7.45. The second-order valence-corrected chi connectivity index (χ2v) is 12.2. The molecule has 0 N–H and O–H groups in total. The molecule has 1 aromatic rings. The topological polar surface area (TPSA) is 9.23 Å². The van der Waals surface area contributed by atoms with E-state index in [0.29, 0.717) is 11.1 Å². The van der Waals surface area contributed by atoms with Gasteiger partial charge >= 0.3 is 0 Å². The summed E-state index contributed by atoms with van der Waals surface area (Å²) in [6.45, 7) is 11.6. The van der Waals surface area contributed by atoms with Crippen LogP contribution in [0.15, 0.2) is 12.1 Å². The maximum absolute atomic E-state index is 14.4. The average molecular weight is 316 g/mol. The zero-order chi connectivity index (χ0) is 16.2. The highest BCUT2D eigenvalue weighted by Gasteiger charge is 2.53. The minimum Gasteiger partial charge on any atom is -0.404 e. The van der Waals surface area contributed by atoms with Crippen LogP contribution in [0.2, 0.25) is 18.1 Å². The van der Waals surface area contributed by atoms with Crippen LogP contribution >= 0.6 is 0 Å². The van der Waals surface area contributed by atoms with Gasteiger partial charge in [0.15, 0.2) is 8.32 Å². The molecule has 21 heavy (non-hydrogen) atoms. The first kappa shape index (κ1) is 16.6. The molecule has 1 nitrogen and oxygen atoms in total. The summed E-state index contributed by atoms with van der Waals surface area (Å²) in [5, 5.41) is -0.174. The lowest BCUT2D eigenvalue weighted by molar-refractivity contribution is -0.0903. The van der Waals surface area contributed by atoms with Gasteiger partial charge < -0.3 is 4.43 Å². The molecule has 1 aliphatic rings. The summed E-state index contributed by atoms with van der Waals surface area (Å²) in [5.74, 6) is -3.61. The van der Waals surface area contributed by atoms with E-state index >= 15 is 0 Å². The standard InChI is InChI=1S/C16H23F3OSi/c1-10-7-8-12(17)11-9-16(18,19)14(13(10)11)20-21(5,6)15(2,3)4/h7-8,14H,9H2,1-6H3/t14-/m0/s1. The van der Waals surface area contributed by atoms with Crippen molar-refractivity contribution in [2.24, 2.45) is 0 Å². The van der Waals surface area contributed by atoms with Gasteiger partial charge in [-0.15, -0.1) is 0 Å². The maximum Gasteiger partial charge on any atom is 0.280 e. The first-order valence-electron chi connectivity index (χ1n) is 7.20. The van der Waals surface area contributed by atoms with E-state index in [1.165, 1.54) is 6.07 Å². The molecule has 1 atom stereocenters. The SMILES string of the molecule is Cc1ccc(F)c2c1[C@H](O[Si](C)(C)C(C)(C)C)C(F)(F)C2. The lowest BCUT2D eigenvalue weighted by atomic mass is 10.0. The van der Waals surface area contributed by atoms with E-state index in [-0.39, 0.29) is 10.6 Å². The van der Waals surface area contributed by atoms with Crippen LogP contribution in [-0.2, 0) is 10.8 Å². The number of hydrogen-bond acceptors (Lipinski definition) is 1. The predicted molar refractivity (Wildman–Crippen MR) is 80.8 cm³/mol. The Bertz CT molecular complexity index is 561. The number of rotatable bonds is 2. The van der Waals surface area contributed by atoms with Gasteiger partial charge in [0, 0.05) is 12.0 Å². The van der Waals surface area contributed by atoms with Gasteiger partial charge in [-0.1, -0.05) is 26.8 Å². The molecule has 1 aliphatic carbocycles. The van der Waals surface area contributed by atoms with Crippen LogP contribution in [-0.4, -0.2) is 14.2 Å². The van der Waals surface area contributed by atoms with E-state index in [1.54, 1.807) is 13.0 Å². The van der Waals surface area contributed by atoms with Crippen LogP contribution in [0.4, 0.5) is 13.2 Å². The molecule has 0 bridgehead atoms.